The van der Waals surface area contributed by atoms with Crippen LogP contribution in [0.1, 0.15) is 64.9 Å². The van der Waals surface area contributed by atoms with Crippen LogP contribution in [-0.4, -0.2) is 60.3 Å². The third kappa shape index (κ3) is 6.51. The van der Waals surface area contributed by atoms with Crippen LogP contribution >= 0.6 is 11.6 Å². The van der Waals surface area contributed by atoms with Gasteiger partial charge in [-0.15, -0.1) is 0 Å². The van der Waals surface area contributed by atoms with E-state index in [1.807, 2.05) is 37.8 Å². The van der Waals surface area contributed by atoms with Gasteiger partial charge in [0.1, 0.15) is 17.5 Å². The van der Waals surface area contributed by atoms with Gasteiger partial charge < -0.3 is 14.4 Å². The van der Waals surface area contributed by atoms with Crippen molar-refractivity contribution >= 4 is 17.7 Å². The number of rotatable bonds is 5. The van der Waals surface area contributed by atoms with Crippen molar-refractivity contribution in [3.8, 4) is 5.75 Å². The smallest absolute Gasteiger partial charge is 0.410 e. The molecule has 2 aliphatic heterocycles. The van der Waals surface area contributed by atoms with Gasteiger partial charge in [-0.05, 0) is 90.1 Å². The van der Waals surface area contributed by atoms with E-state index in [9.17, 15) is 4.79 Å². The second kappa shape index (κ2) is 9.57. The van der Waals surface area contributed by atoms with E-state index in [2.05, 4.69) is 17.9 Å². The highest BCUT2D eigenvalue weighted by Gasteiger charge is 2.29. The Morgan fingerprint density at radius 3 is 2.45 bits per heavy atom. The summed E-state index contributed by atoms with van der Waals surface area (Å²) in [5.74, 6) is 1.25. The van der Waals surface area contributed by atoms with E-state index >= 15 is 0 Å². The number of likely N-dealkylation sites (tertiary alicyclic amines) is 2. The number of ether oxygens (including phenoxy) is 2. The molecule has 2 fully saturated rings. The molecule has 0 radical (unpaired) electrons. The Balaban J connectivity index is 1.61. The van der Waals surface area contributed by atoms with E-state index in [0.29, 0.717) is 24.0 Å². The number of hydrogen-bond acceptors (Lipinski definition) is 4. The molecule has 2 saturated heterocycles. The predicted molar refractivity (Wildman–Crippen MR) is 117 cm³/mol. The molecule has 0 saturated carbocycles. The highest BCUT2D eigenvalue weighted by atomic mass is 35.5. The Morgan fingerprint density at radius 1 is 1.17 bits per heavy atom. The molecule has 1 amide bonds. The van der Waals surface area contributed by atoms with Gasteiger partial charge in [-0.2, -0.15) is 0 Å². The normalized spacial score (nSPS) is 20.0. The quantitative estimate of drug-likeness (QED) is 0.644. The van der Waals surface area contributed by atoms with Crippen LogP contribution in [0.5, 0.6) is 5.75 Å². The molecule has 29 heavy (non-hydrogen) atoms. The molecule has 5 nitrogen and oxygen atoms in total. The van der Waals surface area contributed by atoms with Crippen molar-refractivity contribution in [2.24, 2.45) is 0 Å². The Hall–Kier alpha value is -1.46. The summed E-state index contributed by atoms with van der Waals surface area (Å²) in [6.07, 6.45) is 4.27. The maximum Gasteiger partial charge on any atom is 0.410 e. The molecule has 2 heterocycles. The third-order valence-electron chi connectivity index (χ3n) is 5.60. The van der Waals surface area contributed by atoms with Crippen molar-refractivity contribution in [3.63, 3.8) is 0 Å². The molecule has 2 aliphatic rings. The second-order valence-electron chi connectivity index (χ2n) is 9.36. The van der Waals surface area contributed by atoms with Crippen LogP contribution in [0.2, 0.25) is 5.02 Å². The summed E-state index contributed by atoms with van der Waals surface area (Å²) in [4.78, 5) is 16.6. The average molecular weight is 423 g/mol. The first-order valence-electron chi connectivity index (χ1n) is 10.9. The van der Waals surface area contributed by atoms with Gasteiger partial charge in [-0.1, -0.05) is 17.7 Å². The second-order valence-corrected chi connectivity index (χ2v) is 9.80. The first-order valence-corrected chi connectivity index (χ1v) is 11.3. The molecule has 162 valence electrons. The van der Waals surface area contributed by atoms with Gasteiger partial charge in [-0.25, -0.2) is 4.79 Å². The average Bonchev–Trinajstić information content (AvgIpc) is 3.13. The monoisotopic (exact) mass is 422 g/mol. The van der Waals surface area contributed by atoms with Crippen molar-refractivity contribution in [3.05, 3.63) is 28.8 Å². The van der Waals surface area contributed by atoms with Crippen LogP contribution < -0.4 is 4.74 Å². The van der Waals surface area contributed by atoms with Crippen LogP contribution in [0.4, 0.5) is 4.79 Å². The molecule has 1 aromatic carbocycles. The van der Waals surface area contributed by atoms with Crippen LogP contribution in [0.25, 0.3) is 0 Å². The molecular weight excluding hydrogens is 388 g/mol. The van der Waals surface area contributed by atoms with E-state index in [1.54, 1.807) is 0 Å². The van der Waals surface area contributed by atoms with Crippen molar-refractivity contribution in [1.82, 2.24) is 9.80 Å². The Kier molecular flexibility index (Phi) is 7.33. The fourth-order valence-corrected chi connectivity index (χ4v) is 4.39. The summed E-state index contributed by atoms with van der Waals surface area (Å²) in [5.41, 5.74) is 0.739. The Bertz CT molecular complexity index is 690. The Morgan fingerprint density at radius 2 is 1.83 bits per heavy atom. The number of hydrogen-bond donors (Lipinski definition) is 0. The van der Waals surface area contributed by atoms with Gasteiger partial charge in [0.2, 0.25) is 0 Å². The maximum absolute atomic E-state index is 12.3. The number of piperidine rings is 1. The van der Waals surface area contributed by atoms with Gasteiger partial charge in [0.25, 0.3) is 0 Å². The molecule has 0 N–H and O–H groups in total. The largest absolute Gasteiger partial charge is 0.489 e. The fourth-order valence-electron chi connectivity index (χ4n) is 4.23. The number of nitrogens with zero attached hydrogens (tertiary/aromatic N) is 2. The molecular formula is C23H35ClN2O3. The van der Waals surface area contributed by atoms with E-state index in [0.717, 1.165) is 25.1 Å². The van der Waals surface area contributed by atoms with Gasteiger partial charge >= 0.3 is 6.09 Å². The molecule has 1 aromatic rings. The zero-order valence-electron chi connectivity index (χ0n) is 18.2. The lowest BCUT2D eigenvalue weighted by Crippen LogP contribution is -2.41. The molecule has 1 unspecified atom stereocenters. The minimum atomic E-state index is -0.462. The van der Waals surface area contributed by atoms with Crippen LogP contribution in [0, 0.1) is 0 Å². The summed E-state index contributed by atoms with van der Waals surface area (Å²) < 4.78 is 11.9. The highest BCUT2D eigenvalue weighted by molar-refractivity contribution is 6.30. The van der Waals surface area contributed by atoms with Crippen LogP contribution in [0.3, 0.4) is 0 Å². The lowest BCUT2D eigenvalue weighted by atomic mass is 9.89. The van der Waals surface area contributed by atoms with E-state index in [-0.39, 0.29) is 12.2 Å². The van der Waals surface area contributed by atoms with Crippen molar-refractivity contribution in [1.29, 1.82) is 0 Å². The lowest BCUT2D eigenvalue weighted by Gasteiger charge is -2.34. The number of amides is 1. The highest BCUT2D eigenvalue weighted by Crippen LogP contribution is 2.36. The van der Waals surface area contributed by atoms with Crippen LogP contribution in [0.15, 0.2) is 18.2 Å². The minimum absolute atomic E-state index is 0.118. The summed E-state index contributed by atoms with van der Waals surface area (Å²) >= 11 is 6.28. The van der Waals surface area contributed by atoms with Crippen molar-refractivity contribution in [2.75, 3.05) is 32.7 Å². The number of halogens is 1. The number of carbonyl (C=O) groups is 1. The zero-order valence-corrected chi connectivity index (χ0v) is 19.0. The zero-order chi connectivity index (χ0) is 21.0. The molecule has 6 heteroatoms. The number of carbonyl (C=O) groups excluding carboxylic acids is 1. The third-order valence-corrected chi connectivity index (χ3v) is 5.84. The minimum Gasteiger partial charge on any atom is -0.489 e. The van der Waals surface area contributed by atoms with Crippen molar-refractivity contribution < 1.29 is 14.3 Å². The van der Waals surface area contributed by atoms with Gasteiger partial charge in [-0.3, -0.25) is 4.90 Å². The van der Waals surface area contributed by atoms with E-state index in [1.165, 1.54) is 31.5 Å². The summed E-state index contributed by atoms with van der Waals surface area (Å²) in [6.45, 7) is 12.5. The summed E-state index contributed by atoms with van der Waals surface area (Å²) in [5, 5.41) is 0.698. The first kappa shape index (κ1) is 22.2. The molecule has 0 bridgehead atoms. The molecule has 0 aromatic heterocycles. The van der Waals surface area contributed by atoms with Gasteiger partial charge in [0, 0.05) is 24.7 Å². The molecule has 0 aliphatic carbocycles. The summed E-state index contributed by atoms with van der Waals surface area (Å²) in [7, 11) is 0. The standard InChI is InChI=1S/C23H35ClN2O3/c1-17(16-25-11-5-6-12-25)28-21-15-19(24)7-8-20(21)18-9-13-26(14-10-18)22(27)29-23(2,3)4/h7-8,15,17-18H,5-6,9-14,16H2,1-4H3. The first-order chi connectivity index (χ1) is 13.7. The van der Waals surface area contributed by atoms with E-state index in [4.69, 9.17) is 21.1 Å². The Labute approximate surface area is 180 Å². The number of benzene rings is 1. The van der Waals surface area contributed by atoms with Gasteiger partial charge in [0.15, 0.2) is 0 Å². The summed E-state index contributed by atoms with van der Waals surface area (Å²) in [6, 6.07) is 5.97. The molecule has 3 rings (SSSR count). The maximum atomic E-state index is 12.3. The lowest BCUT2D eigenvalue weighted by molar-refractivity contribution is 0.0204. The SMILES string of the molecule is CC(CN1CCCC1)Oc1cc(Cl)ccc1C1CCN(C(=O)OC(C)(C)C)CC1. The topological polar surface area (TPSA) is 42.0 Å². The predicted octanol–water partition coefficient (Wildman–Crippen LogP) is 5.32. The van der Waals surface area contributed by atoms with Crippen LogP contribution in [-0.2, 0) is 4.74 Å². The van der Waals surface area contributed by atoms with Gasteiger partial charge in [0.05, 0.1) is 0 Å². The van der Waals surface area contributed by atoms with E-state index < -0.39 is 5.60 Å². The fraction of sp³-hybridized carbons (Fsp3) is 0.696. The van der Waals surface area contributed by atoms with Crippen molar-refractivity contribution in [2.45, 2.75) is 71.0 Å². The molecule has 1 atom stereocenters. The molecule has 0 spiro atoms.